The van der Waals surface area contributed by atoms with Crippen molar-refractivity contribution in [3.8, 4) is 11.5 Å². The second-order valence-corrected chi connectivity index (χ2v) is 8.35. The second kappa shape index (κ2) is 10.5. The van der Waals surface area contributed by atoms with Gasteiger partial charge < -0.3 is 19.3 Å². The molecule has 0 radical (unpaired) electrons. The van der Waals surface area contributed by atoms with E-state index in [0.29, 0.717) is 30.2 Å². The van der Waals surface area contributed by atoms with Crippen LogP contribution in [0.4, 0.5) is 0 Å². The highest BCUT2D eigenvalue weighted by atomic mass is 16.5. The summed E-state index contributed by atoms with van der Waals surface area (Å²) >= 11 is 0. The van der Waals surface area contributed by atoms with Gasteiger partial charge in [-0.15, -0.1) is 0 Å². The molecule has 1 saturated heterocycles. The minimum atomic E-state index is -0.0340. The smallest absolute Gasteiger partial charge is 0.260 e. The van der Waals surface area contributed by atoms with Gasteiger partial charge in [0.2, 0.25) is 0 Å². The second-order valence-electron chi connectivity index (χ2n) is 8.35. The Labute approximate surface area is 189 Å². The number of carbonyl (C=O) groups is 2. The van der Waals surface area contributed by atoms with E-state index in [4.69, 9.17) is 9.47 Å². The molecule has 7 heteroatoms. The average Bonchev–Trinajstić information content (AvgIpc) is 3.68. The van der Waals surface area contributed by atoms with Crippen molar-refractivity contribution in [3.05, 3.63) is 53.9 Å². The number of likely N-dealkylation sites (tertiary alicyclic amines) is 1. The van der Waals surface area contributed by atoms with Crippen LogP contribution in [-0.2, 0) is 11.3 Å². The maximum Gasteiger partial charge on any atom is 0.260 e. The van der Waals surface area contributed by atoms with E-state index in [2.05, 4.69) is 4.98 Å². The highest BCUT2D eigenvalue weighted by Crippen LogP contribution is 2.33. The molecule has 1 aliphatic carbocycles. The van der Waals surface area contributed by atoms with Crippen molar-refractivity contribution in [1.82, 2.24) is 14.8 Å². The third-order valence-corrected chi connectivity index (χ3v) is 5.87. The molecule has 0 unspecified atom stereocenters. The van der Waals surface area contributed by atoms with Crippen LogP contribution in [0.15, 0.2) is 42.7 Å². The summed E-state index contributed by atoms with van der Waals surface area (Å²) in [6.07, 6.45) is 8.83. The number of hydrogen-bond donors (Lipinski definition) is 0. The molecule has 1 saturated carbocycles. The van der Waals surface area contributed by atoms with Gasteiger partial charge in [0.15, 0.2) is 18.1 Å². The number of aromatic nitrogens is 1. The Hall–Kier alpha value is -3.09. The normalized spacial score (nSPS) is 15.8. The van der Waals surface area contributed by atoms with E-state index in [1.807, 2.05) is 28.9 Å². The van der Waals surface area contributed by atoms with Crippen molar-refractivity contribution in [2.45, 2.75) is 51.6 Å². The topological polar surface area (TPSA) is 72.0 Å². The van der Waals surface area contributed by atoms with E-state index >= 15 is 0 Å². The first-order valence-electron chi connectivity index (χ1n) is 11.5. The largest absolute Gasteiger partial charge is 0.490 e. The van der Waals surface area contributed by atoms with Gasteiger partial charge in [-0.1, -0.05) is 6.07 Å². The fraction of sp³-hybridized carbons (Fsp3) is 0.480. The predicted octanol–water partition coefficient (Wildman–Crippen LogP) is 3.68. The number of carbonyl (C=O) groups excluding carboxylic acids is 2. The van der Waals surface area contributed by atoms with Crippen molar-refractivity contribution >= 4 is 11.8 Å². The zero-order valence-corrected chi connectivity index (χ0v) is 18.7. The predicted molar refractivity (Wildman–Crippen MR) is 121 cm³/mol. The number of piperidine rings is 1. The van der Waals surface area contributed by atoms with E-state index in [0.717, 1.165) is 44.3 Å². The Balaban J connectivity index is 1.46. The number of benzene rings is 1. The summed E-state index contributed by atoms with van der Waals surface area (Å²) in [5, 5.41) is 0. The van der Waals surface area contributed by atoms with Gasteiger partial charge in [0.05, 0.1) is 6.61 Å². The Kier molecular flexibility index (Phi) is 7.24. The molecule has 0 bridgehead atoms. The maximum atomic E-state index is 13.3. The lowest BCUT2D eigenvalue weighted by Gasteiger charge is -2.26. The molecule has 0 N–H and O–H groups in total. The molecule has 1 aliphatic heterocycles. The molecule has 170 valence electrons. The fourth-order valence-corrected chi connectivity index (χ4v) is 4.01. The molecular formula is C25H31N3O4. The van der Waals surface area contributed by atoms with Gasteiger partial charge in [0.1, 0.15) is 0 Å². The van der Waals surface area contributed by atoms with Crippen LogP contribution in [0.2, 0.25) is 0 Å². The molecule has 2 amide bonds. The number of hydrogen-bond acceptors (Lipinski definition) is 5. The average molecular weight is 438 g/mol. The van der Waals surface area contributed by atoms with Crippen LogP contribution in [0.25, 0.3) is 0 Å². The summed E-state index contributed by atoms with van der Waals surface area (Å²) in [5.41, 5.74) is 1.56. The molecule has 1 aromatic heterocycles. The highest BCUT2D eigenvalue weighted by Gasteiger charge is 2.33. The summed E-state index contributed by atoms with van der Waals surface area (Å²) in [5.74, 6) is 0.929. The number of pyridine rings is 1. The quantitative estimate of drug-likeness (QED) is 0.599. The molecule has 2 heterocycles. The Bertz CT molecular complexity index is 924. The van der Waals surface area contributed by atoms with Crippen molar-refractivity contribution in [1.29, 1.82) is 0 Å². The fourth-order valence-electron chi connectivity index (χ4n) is 4.01. The first-order chi connectivity index (χ1) is 15.7. The monoisotopic (exact) mass is 437 g/mol. The Morgan fingerprint density at radius 3 is 2.59 bits per heavy atom. The van der Waals surface area contributed by atoms with Gasteiger partial charge >= 0.3 is 0 Å². The third-order valence-electron chi connectivity index (χ3n) is 5.87. The Morgan fingerprint density at radius 1 is 1.09 bits per heavy atom. The number of nitrogens with zero attached hydrogens (tertiary/aromatic N) is 3. The van der Waals surface area contributed by atoms with Crippen LogP contribution in [0.1, 0.15) is 54.9 Å². The van der Waals surface area contributed by atoms with Crippen LogP contribution in [0.5, 0.6) is 11.5 Å². The molecule has 7 nitrogen and oxygen atoms in total. The first kappa shape index (κ1) is 22.1. The number of rotatable bonds is 9. The zero-order valence-electron chi connectivity index (χ0n) is 18.7. The van der Waals surface area contributed by atoms with Crippen molar-refractivity contribution in [3.63, 3.8) is 0 Å². The highest BCUT2D eigenvalue weighted by molar-refractivity contribution is 5.95. The molecule has 2 aromatic rings. The lowest BCUT2D eigenvalue weighted by Crippen LogP contribution is -2.38. The molecule has 0 atom stereocenters. The lowest BCUT2D eigenvalue weighted by atomic mass is 10.1. The van der Waals surface area contributed by atoms with E-state index in [1.54, 1.807) is 30.6 Å². The Morgan fingerprint density at radius 2 is 1.91 bits per heavy atom. The van der Waals surface area contributed by atoms with E-state index in [-0.39, 0.29) is 24.5 Å². The minimum Gasteiger partial charge on any atom is -0.490 e. The van der Waals surface area contributed by atoms with Gasteiger partial charge in [-0.25, -0.2) is 0 Å². The van der Waals surface area contributed by atoms with Crippen LogP contribution < -0.4 is 9.47 Å². The van der Waals surface area contributed by atoms with Gasteiger partial charge in [0.25, 0.3) is 11.8 Å². The first-order valence-corrected chi connectivity index (χ1v) is 11.5. The van der Waals surface area contributed by atoms with Gasteiger partial charge in [-0.2, -0.15) is 0 Å². The van der Waals surface area contributed by atoms with Crippen LogP contribution in [-0.4, -0.2) is 58.9 Å². The molecular weight excluding hydrogens is 406 g/mol. The van der Waals surface area contributed by atoms with Crippen LogP contribution in [0, 0.1) is 0 Å². The van der Waals surface area contributed by atoms with Crippen molar-refractivity contribution in [2.24, 2.45) is 0 Å². The standard InChI is InChI=1S/C25H31N3O4/c1-2-31-23-15-20(8-11-22(23)32-18-24(29)27-13-4-3-5-14-27)25(30)28(21-9-10-21)17-19-7-6-12-26-16-19/h6-8,11-12,15-16,21H,2-5,9-10,13-14,17-18H2,1H3. The van der Waals surface area contributed by atoms with Crippen molar-refractivity contribution < 1.29 is 19.1 Å². The molecule has 2 aliphatic rings. The molecule has 1 aromatic carbocycles. The molecule has 4 rings (SSSR count). The third kappa shape index (κ3) is 5.58. The molecule has 32 heavy (non-hydrogen) atoms. The van der Waals surface area contributed by atoms with Crippen LogP contribution >= 0.6 is 0 Å². The molecule has 2 fully saturated rings. The van der Waals surface area contributed by atoms with E-state index in [1.165, 1.54) is 6.42 Å². The summed E-state index contributed by atoms with van der Waals surface area (Å²) in [7, 11) is 0. The number of amides is 2. The summed E-state index contributed by atoms with van der Waals surface area (Å²) in [4.78, 5) is 33.7. The van der Waals surface area contributed by atoms with E-state index in [9.17, 15) is 9.59 Å². The molecule has 0 spiro atoms. The summed E-state index contributed by atoms with van der Waals surface area (Å²) in [6, 6.07) is 9.34. The van der Waals surface area contributed by atoms with Crippen LogP contribution in [0.3, 0.4) is 0 Å². The van der Waals surface area contributed by atoms with Gasteiger partial charge in [-0.05, 0) is 68.9 Å². The summed E-state index contributed by atoms with van der Waals surface area (Å²) in [6.45, 7) is 4.42. The summed E-state index contributed by atoms with van der Waals surface area (Å²) < 4.78 is 11.6. The SMILES string of the molecule is CCOc1cc(C(=O)N(Cc2cccnc2)C2CC2)ccc1OCC(=O)N1CCCCC1. The zero-order chi connectivity index (χ0) is 22.3. The minimum absolute atomic E-state index is 0.0105. The lowest BCUT2D eigenvalue weighted by molar-refractivity contribution is -0.134. The number of ether oxygens (including phenoxy) is 2. The maximum absolute atomic E-state index is 13.3. The van der Waals surface area contributed by atoms with Crippen molar-refractivity contribution in [2.75, 3.05) is 26.3 Å². The van der Waals surface area contributed by atoms with Gasteiger partial charge in [0, 0.05) is 43.6 Å². The van der Waals surface area contributed by atoms with E-state index < -0.39 is 0 Å². The van der Waals surface area contributed by atoms with Gasteiger partial charge in [-0.3, -0.25) is 14.6 Å².